The van der Waals surface area contributed by atoms with Gasteiger partial charge in [-0.15, -0.1) is 0 Å². The smallest absolute Gasteiger partial charge is 0.371 e. The van der Waals surface area contributed by atoms with Crippen LogP contribution in [-0.4, -0.2) is 21.0 Å². The number of fused-ring (bicyclic) bond motifs is 5. The van der Waals surface area contributed by atoms with Crippen LogP contribution in [0.4, 0.5) is 0 Å². The highest BCUT2D eigenvalue weighted by Crippen LogP contribution is 2.30. The van der Waals surface area contributed by atoms with Crippen molar-refractivity contribution in [3.05, 3.63) is 54.4 Å². The summed E-state index contributed by atoms with van der Waals surface area (Å²) in [6.07, 6.45) is 0. The molecule has 1 heterocycles. The lowest BCUT2D eigenvalue weighted by Gasteiger charge is -2.03. The maximum absolute atomic E-state index is 11.0. The van der Waals surface area contributed by atoms with Gasteiger partial charge in [0, 0.05) is 5.39 Å². The van der Waals surface area contributed by atoms with Crippen molar-refractivity contribution in [3.8, 4) is 0 Å². The number of nitrogens with zero attached hydrogens (tertiary/aromatic N) is 1. The first-order valence-corrected chi connectivity index (χ1v) is 6.27. The quantitative estimate of drug-likeness (QED) is 0.515. The molecular formula is C16H10N2O2. The summed E-state index contributed by atoms with van der Waals surface area (Å²) < 4.78 is 0. The van der Waals surface area contributed by atoms with Crippen molar-refractivity contribution in [1.82, 2.24) is 9.97 Å². The Kier molecular flexibility index (Phi) is 2.09. The largest absolute Gasteiger partial charge is 0.475 e. The van der Waals surface area contributed by atoms with Crippen LogP contribution in [0.2, 0.25) is 0 Å². The minimum Gasteiger partial charge on any atom is -0.475 e. The van der Waals surface area contributed by atoms with E-state index in [-0.39, 0.29) is 5.82 Å². The highest BCUT2D eigenvalue weighted by molar-refractivity contribution is 6.16. The van der Waals surface area contributed by atoms with Gasteiger partial charge in [-0.2, -0.15) is 0 Å². The van der Waals surface area contributed by atoms with Crippen LogP contribution in [0.25, 0.3) is 32.6 Å². The normalized spacial score (nSPS) is 11.4. The molecule has 4 rings (SSSR count). The second kappa shape index (κ2) is 3.81. The first-order valence-electron chi connectivity index (χ1n) is 6.27. The Morgan fingerprint density at radius 2 is 1.75 bits per heavy atom. The van der Waals surface area contributed by atoms with Crippen molar-refractivity contribution in [3.63, 3.8) is 0 Å². The highest BCUT2D eigenvalue weighted by Gasteiger charge is 2.12. The number of rotatable bonds is 1. The Balaban J connectivity index is 2.19. The van der Waals surface area contributed by atoms with Crippen LogP contribution in [0.1, 0.15) is 10.6 Å². The van der Waals surface area contributed by atoms with Crippen LogP contribution in [0.5, 0.6) is 0 Å². The maximum Gasteiger partial charge on any atom is 0.371 e. The molecule has 0 aliphatic rings. The molecule has 0 aliphatic carbocycles. The standard InChI is InChI=1S/C16H10N2O2/c19-16(20)15-17-13-8-7-11-10-4-2-1-3-9(10)5-6-12(11)14(13)18-15/h1-8H,(H,17,18)(H,19,20). The predicted octanol–water partition coefficient (Wildman–Crippen LogP) is 3.57. The summed E-state index contributed by atoms with van der Waals surface area (Å²) in [6, 6.07) is 16.0. The Hall–Kier alpha value is -2.88. The highest BCUT2D eigenvalue weighted by atomic mass is 16.4. The summed E-state index contributed by atoms with van der Waals surface area (Å²) in [6.45, 7) is 0. The van der Waals surface area contributed by atoms with Crippen molar-refractivity contribution >= 4 is 38.5 Å². The van der Waals surface area contributed by atoms with Crippen molar-refractivity contribution in [2.45, 2.75) is 0 Å². The van der Waals surface area contributed by atoms with Crippen molar-refractivity contribution in [1.29, 1.82) is 0 Å². The fourth-order valence-electron chi connectivity index (χ4n) is 2.66. The molecule has 3 aromatic carbocycles. The number of hydrogen-bond acceptors (Lipinski definition) is 2. The second-order valence-electron chi connectivity index (χ2n) is 4.73. The maximum atomic E-state index is 11.0. The molecular weight excluding hydrogens is 252 g/mol. The molecule has 0 spiro atoms. The van der Waals surface area contributed by atoms with Crippen molar-refractivity contribution < 1.29 is 9.90 Å². The Morgan fingerprint density at radius 1 is 0.950 bits per heavy atom. The molecule has 4 heteroatoms. The lowest BCUT2D eigenvalue weighted by Crippen LogP contribution is -1.97. The number of aromatic carboxylic acids is 1. The van der Waals surface area contributed by atoms with E-state index in [0.717, 1.165) is 27.1 Å². The zero-order valence-corrected chi connectivity index (χ0v) is 10.4. The molecule has 0 saturated heterocycles. The number of H-pyrrole nitrogens is 1. The lowest BCUT2D eigenvalue weighted by molar-refractivity contribution is 0.0685. The second-order valence-corrected chi connectivity index (χ2v) is 4.73. The summed E-state index contributed by atoms with van der Waals surface area (Å²) >= 11 is 0. The first kappa shape index (κ1) is 11.0. The molecule has 0 fully saturated rings. The summed E-state index contributed by atoms with van der Waals surface area (Å²) in [5, 5.41) is 13.4. The molecule has 0 saturated carbocycles. The van der Waals surface area contributed by atoms with E-state index in [1.54, 1.807) is 0 Å². The molecule has 0 atom stereocenters. The van der Waals surface area contributed by atoms with E-state index in [2.05, 4.69) is 22.1 Å². The zero-order valence-electron chi connectivity index (χ0n) is 10.4. The predicted molar refractivity (Wildman–Crippen MR) is 78.1 cm³/mol. The molecule has 96 valence electrons. The van der Waals surface area contributed by atoms with E-state index in [9.17, 15) is 4.79 Å². The topological polar surface area (TPSA) is 66.0 Å². The molecule has 4 nitrogen and oxygen atoms in total. The fourth-order valence-corrected chi connectivity index (χ4v) is 2.66. The number of imidazole rings is 1. The van der Waals surface area contributed by atoms with Crippen LogP contribution in [0, 0.1) is 0 Å². The van der Waals surface area contributed by atoms with Crippen LogP contribution >= 0.6 is 0 Å². The minimum absolute atomic E-state index is 0.0272. The third kappa shape index (κ3) is 1.42. The number of carbonyl (C=O) groups is 1. The van der Waals surface area contributed by atoms with Gasteiger partial charge >= 0.3 is 5.97 Å². The molecule has 0 bridgehead atoms. The van der Waals surface area contributed by atoms with Crippen LogP contribution in [0.3, 0.4) is 0 Å². The molecule has 0 radical (unpaired) electrons. The Morgan fingerprint density at radius 3 is 2.60 bits per heavy atom. The first-order chi connectivity index (χ1) is 9.74. The average Bonchev–Trinajstić information content (AvgIpc) is 2.91. The van der Waals surface area contributed by atoms with Gasteiger partial charge in [-0.05, 0) is 22.2 Å². The van der Waals surface area contributed by atoms with Gasteiger partial charge in [-0.1, -0.05) is 42.5 Å². The number of aromatic nitrogens is 2. The number of nitrogens with one attached hydrogen (secondary N) is 1. The molecule has 0 amide bonds. The van der Waals surface area contributed by atoms with Crippen LogP contribution in [-0.2, 0) is 0 Å². The third-order valence-corrected chi connectivity index (χ3v) is 3.58. The van der Waals surface area contributed by atoms with E-state index >= 15 is 0 Å². The van der Waals surface area contributed by atoms with Gasteiger partial charge < -0.3 is 10.1 Å². The van der Waals surface area contributed by atoms with Gasteiger partial charge in [0.15, 0.2) is 0 Å². The van der Waals surface area contributed by atoms with Gasteiger partial charge in [-0.3, -0.25) is 0 Å². The Labute approximate surface area is 113 Å². The molecule has 4 aromatic rings. The Bertz CT molecular complexity index is 986. The van der Waals surface area contributed by atoms with E-state index in [0.29, 0.717) is 5.52 Å². The summed E-state index contributed by atoms with van der Waals surface area (Å²) in [5.74, 6) is -1.07. The van der Waals surface area contributed by atoms with E-state index < -0.39 is 5.97 Å². The minimum atomic E-state index is -1.05. The molecule has 0 aliphatic heterocycles. The average molecular weight is 262 g/mol. The SMILES string of the molecule is O=C(O)c1nc2c(ccc3c4ccccc4ccc32)[nH]1. The molecule has 1 aromatic heterocycles. The van der Waals surface area contributed by atoms with Crippen LogP contribution in [0.15, 0.2) is 48.5 Å². The van der Waals surface area contributed by atoms with E-state index in [1.807, 2.05) is 36.4 Å². The number of hydrogen-bond donors (Lipinski definition) is 2. The number of aromatic amines is 1. The van der Waals surface area contributed by atoms with Crippen molar-refractivity contribution in [2.24, 2.45) is 0 Å². The zero-order chi connectivity index (χ0) is 13.7. The molecule has 0 unspecified atom stereocenters. The van der Waals surface area contributed by atoms with Gasteiger partial charge in [-0.25, -0.2) is 9.78 Å². The lowest BCUT2D eigenvalue weighted by atomic mass is 10.0. The number of benzene rings is 3. The number of carboxylic acids is 1. The third-order valence-electron chi connectivity index (χ3n) is 3.58. The van der Waals surface area contributed by atoms with Crippen LogP contribution < -0.4 is 0 Å². The van der Waals surface area contributed by atoms with Gasteiger partial charge in [0.2, 0.25) is 5.82 Å². The monoisotopic (exact) mass is 262 g/mol. The number of carboxylic acid groups (broad SMARTS) is 1. The van der Waals surface area contributed by atoms with Crippen molar-refractivity contribution in [2.75, 3.05) is 0 Å². The van der Waals surface area contributed by atoms with Gasteiger partial charge in [0.25, 0.3) is 0 Å². The molecule has 2 N–H and O–H groups in total. The summed E-state index contributed by atoms with van der Waals surface area (Å²) in [5.41, 5.74) is 1.44. The molecule has 20 heavy (non-hydrogen) atoms. The van der Waals surface area contributed by atoms with E-state index in [1.165, 1.54) is 0 Å². The van der Waals surface area contributed by atoms with Gasteiger partial charge in [0.1, 0.15) is 0 Å². The summed E-state index contributed by atoms with van der Waals surface area (Å²) in [4.78, 5) is 18.0. The fraction of sp³-hybridized carbons (Fsp3) is 0. The van der Waals surface area contributed by atoms with E-state index in [4.69, 9.17) is 5.11 Å². The summed E-state index contributed by atoms with van der Waals surface area (Å²) in [7, 11) is 0. The van der Waals surface area contributed by atoms with Gasteiger partial charge in [0.05, 0.1) is 11.0 Å².